The Kier molecular flexibility index (Phi) is 6.11. The molecular formula is C8H9Cl4N5O2S. The Labute approximate surface area is 135 Å². The molecule has 0 saturated carbocycles. The number of hydrogen-bond acceptors (Lipinski definition) is 4. The largest absolute Gasteiger partial charge is 0.323 e. The lowest BCUT2D eigenvalue weighted by Crippen LogP contribution is -2.29. The summed E-state index contributed by atoms with van der Waals surface area (Å²) in [5.74, 6) is 0. The smallest absolute Gasteiger partial charge is 0.266 e. The number of nitrogens with one attached hydrogen (secondary N) is 1. The average Bonchev–Trinajstić information content (AvgIpc) is 2.85. The van der Waals surface area contributed by atoms with Crippen LogP contribution in [0.4, 0.5) is 0 Å². The predicted octanol–water partition coefficient (Wildman–Crippen LogP) is 2.56. The molecule has 0 saturated heterocycles. The molecule has 1 N–H and O–H groups in total. The normalized spacial score (nSPS) is 11.3. The summed E-state index contributed by atoms with van der Waals surface area (Å²) >= 11 is 21.8. The van der Waals surface area contributed by atoms with E-state index in [4.69, 9.17) is 46.4 Å². The Morgan fingerprint density at radius 2 is 1.75 bits per heavy atom. The van der Waals surface area contributed by atoms with Crippen molar-refractivity contribution in [2.45, 2.75) is 0 Å². The van der Waals surface area contributed by atoms with E-state index in [1.807, 2.05) is 0 Å². The van der Waals surface area contributed by atoms with Gasteiger partial charge in [-0.3, -0.25) is 5.10 Å². The highest BCUT2D eigenvalue weighted by atomic mass is 35.5. The monoisotopic (exact) mass is 379 g/mol. The summed E-state index contributed by atoms with van der Waals surface area (Å²) in [6, 6.07) is 2.78. The van der Waals surface area contributed by atoms with Gasteiger partial charge in [0, 0.05) is 26.2 Å². The Hall–Kier alpha value is -0.510. The standard InChI is InChI=1S/C5H7Cl2N3O2S.C3H2Cl2N2/c1-9(2)13(11,12)10-5(7)3-4(6)8-10;4-2-1-3(5)7-6-2/h3H,1-2H3;1H,(H,6,7). The Balaban J connectivity index is 0.000000240. The fourth-order valence-electron chi connectivity index (χ4n) is 0.909. The molecule has 0 aliphatic carbocycles. The maximum atomic E-state index is 11.4. The number of halogens is 4. The van der Waals surface area contributed by atoms with Crippen molar-refractivity contribution >= 4 is 56.6 Å². The van der Waals surface area contributed by atoms with Crippen molar-refractivity contribution in [2.24, 2.45) is 0 Å². The summed E-state index contributed by atoms with van der Waals surface area (Å²) in [6.45, 7) is 0. The Morgan fingerprint density at radius 3 is 2.00 bits per heavy atom. The third-order valence-corrected chi connectivity index (χ3v) is 4.38. The van der Waals surface area contributed by atoms with Crippen molar-refractivity contribution in [3.63, 3.8) is 0 Å². The van der Waals surface area contributed by atoms with Gasteiger partial charge in [-0.2, -0.15) is 17.8 Å². The molecule has 7 nitrogen and oxygen atoms in total. The van der Waals surface area contributed by atoms with Crippen LogP contribution in [-0.2, 0) is 10.2 Å². The zero-order valence-corrected chi connectivity index (χ0v) is 14.0. The number of H-pyrrole nitrogens is 1. The number of nitrogens with zero attached hydrogens (tertiary/aromatic N) is 4. The minimum absolute atomic E-state index is 0.0374. The van der Waals surface area contributed by atoms with Crippen LogP contribution >= 0.6 is 46.4 Å². The highest BCUT2D eigenvalue weighted by Crippen LogP contribution is 2.17. The van der Waals surface area contributed by atoms with Gasteiger partial charge >= 0.3 is 10.2 Å². The molecule has 12 heteroatoms. The van der Waals surface area contributed by atoms with Gasteiger partial charge in [0.25, 0.3) is 0 Å². The number of aromatic nitrogens is 4. The summed E-state index contributed by atoms with van der Waals surface area (Å²) in [7, 11) is -0.912. The molecule has 2 aromatic heterocycles. The molecule has 0 aromatic carbocycles. The first-order valence-corrected chi connectivity index (χ1v) is 7.76. The second kappa shape index (κ2) is 6.97. The summed E-state index contributed by atoms with van der Waals surface area (Å²) in [4.78, 5) is 0. The topological polar surface area (TPSA) is 83.9 Å². The number of aromatic amines is 1. The zero-order valence-electron chi connectivity index (χ0n) is 10.2. The molecule has 0 amide bonds. The molecule has 0 fully saturated rings. The molecule has 20 heavy (non-hydrogen) atoms. The highest BCUT2D eigenvalue weighted by Gasteiger charge is 2.20. The van der Waals surface area contributed by atoms with Gasteiger partial charge in [-0.05, 0) is 0 Å². The van der Waals surface area contributed by atoms with Crippen LogP contribution in [0.2, 0.25) is 20.6 Å². The number of hydrogen-bond donors (Lipinski definition) is 1. The van der Waals surface area contributed by atoms with E-state index in [1.165, 1.54) is 26.2 Å². The van der Waals surface area contributed by atoms with Crippen LogP contribution in [0.5, 0.6) is 0 Å². The van der Waals surface area contributed by atoms with Crippen molar-refractivity contribution in [1.82, 2.24) is 23.7 Å². The first-order chi connectivity index (χ1) is 9.14. The van der Waals surface area contributed by atoms with Gasteiger partial charge in [-0.1, -0.05) is 46.4 Å². The van der Waals surface area contributed by atoms with Crippen LogP contribution in [0, 0.1) is 0 Å². The van der Waals surface area contributed by atoms with Gasteiger partial charge in [0.1, 0.15) is 10.3 Å². The molecule has 0 radical (unpaired) electrons. The van der Waals surface area contributed by atoms with E-state index in [2.05, 4.69) is 15.3 Å². The van der Waals surface area contributed by atoms with Crippen LogP contribution in [0.3, 0.4) is 0 Å². The Bertz CT molecular complexity index is 664. The van der Waals surface area contributed by atoms with Gasteiger partial charge < -0.3 is 0 Å². The van der Waals surface area contributed by atoms with E-state index in [0.717, 1.165) is 4.31 Å². The molecule has 0 atom stereocenters. The van der Waals surface area contributed by atoms with Gasteiger partial charge in [-0.25, -0.2) is 0 Å². The highest BCUT2D eigenvalue weighted by molar-refractivity contribution is 7.87. The van der Waals surface area contributed by atoms with Crippen molar-refractivity contribution < 1.29 is 8.42 Å². The van der Waals surface area contributed by atoms with Crippen LogP contribution in [0.1, 0.15) is 0 Å². The molecule has 0 aliphatic heterocycles. The van der Waals surface area contributed by atoms with Crippen molar-refractivity contribution in [2.75, 3.05) is 14.1 Å². The van der Waals surface area contributed by atoms with Crippen molar-refractivity contribution in [1.29, 1.82) is 0 Å². The van der Waals surface area contributed by atoms with Crippen molar-refractivity contribution in [3.8, 4) is 0 Å². The van der Waals surface area contributed by atoms with E-state index in [1.54, 1.807) is 0 Å². The minimum atomic E-state index is -3.66. The lowest BCUT2D eigenvalue weighted by molar-refractivity contribution is 0.504. The van der Waals surface area contributed by atoms with Gasteiger partial charge in [0.05, 0.1) is 0 Å². The summed E-state index contributed by atoms with van der Waals surface area (Å²) in [5.41, 5.74) is 0. The molecule has 0 unspecified atom stereocenters. The maximum Gasteiger partial charge on any atom is 0.323 e. The molecule has 2 heterocycles. The summed E-state index contributed by atoms with van der Waals surface area (Å²) < 4.78 is 24.6. The molecule has 2 rings (SSSR count). The molecular weight excluding hydrogens is 372 g/mol. The molecule has 112 valence electrons. The third kappa shape index (κ3) is 4.51. The molecule has 2 aromatic rings. The fraction of sp³-hybridized carbons (Fsp3) is 0.250. The second-order valence-corrected chi connectivity index (χ2v) is 7.00. The van der Waals surface area contributed by atoms with Gasteiger partial charge in [0.15, 0.2) is 10.3 Å². The molecule has 0 aliphatic rings. The average molecular weight is 381 g/mol. The van der Waals surface area contributed by atoms with Gasteiger partial charge in [-0.15, -0.1) is 9.19 Å². The van der Waals surface area contributed by atoms with E-state index >= 15 is 0 Å². The van der Waals surface area contributed by atoms with E-state index in [0.29, 0.717) is 14.4 Å². The summed E-state index contributed by atoms with van der Waals surface area (Å²) in [6.07, 6.45) is 0. The Morgan fingerprint density at radius 1 is 1.15 bits per heavy atom. The lowest BCUT2D eigenvalue weighted by Gasteiger charge is -2.10. The van der Waals surface area contributed by atoms with E-state index < -0.39 is 10.2 Å². The SMILES string of the molecule is CN(C)S(=O)(=O)n1nc(Cl)cc1Cl.Clc1cc(Cl)[nH]n1. The first kappa shape index (κ1) is 17.5. The van der Waals surface area contributed by atoms with Crippen molar-refractivity contribution in [3.05, 3.63) is 32.7 Å². The number of rotatable bonds is 2. The third-order valence-electron chi connectivity index (χ3n) is 1.80. The van der Waals surface area contributed by atoms with Crippen LogP contribution < -0.4 is 0 Å². The predicted molar refractivity (Wildman–Crippen MR) is 78.9 cm³/mol. The first-order valence-electron chi connectivity index (χ1n) is 4.85. The van der Waals surface area contributed by atoms with Crippen LogP contribution in [0.25, 0.3) is 0 Å². The van der Waals surface area contributed by atoms with Crippen LogP contribution in [-0.4, -0.2) is 46.2 Å². The van der Waals surface area contributed by atoms with Gasteiger partial charge in [0.2, 0.25) is 0 Å². The molecule has 0 bridgehead atoms. The van der Waals surface area contributed by atoms with Crippen LogP contribution in [0.15, 0.2) is 12.1 Å². The zero-order chi connectivity index (χ0) is 15.5. The van der Waals surface area contributed by atoms with E-state index in [9.17, 15) is 8.42 Å². The minimum Gasteiger partial charge on any atom is -0.266 e. The summed E-state index contributed by atoms with van der Waals surface area (Å²) in [5, 5.41) is 10.4. The molecule has 0 spiro atoms. The van der Waals surface area contributed by atoms with E-state index in [-0.39, 0.29) is 10.3 Å². The fourth-order valence-corrected chi connectivity index (χ4v) is 2.72. The quantitative estimate of drug-likeness (QED) is 0.867. The maximum absolute atomic E-state index is 11.4. The lowest BCUT2D eigenvalue weighted by atomic mass is 10.7. The second-order valence-electron chi connectivity index (χ2n) is 3.46.